The van der Waals surface area contributed by atoms with Crippen LogP contribution in [-0.4, -0.2) is 14.5 Å². The third kappa shape index (κ3) is 1.94. The van der Waals surface area contributed by atoms with Crippen LogP contribution in [0.3, 0.4) is 0 Å². The third-order valence-corrected chi connectivity index (χ3v) is 3.83. The maximum Gasteiger partial charge on any atom is 0.123 e. The lowest BCUT2D eigenvalue weighted by Gasteiger charge is -2.09. The van der Waals surface area contributed by atoms with Crippen LogP contribution in [-0.2, 0) is 13.5 Å². The molecule has 4 heteroatoms. The van der Waals surface area contributed by atoms with Crippen LogP contribution in [0, 0.1) is 6.92 Å². The average molecular weight is 254 g/mol. The number of imidazole rings is 1. The Morgan fingerprint density at radius 3 is 2.89 bits per heavy atom. The summed E-state index contributed by atoms with van der Waals surface area (Å²) in [5.41, 5.74) is 10.1. The van der Waals surface area contributed by atoms with Crippen molar-refractivity contribution < 1.29 is 0 Å². The minimum Gasteiger partial charge on any atom is -0.348 e. The van der Waals surface area contributed by atoms with Gasteiger partial charge in [-0.25, -0.2) is 4.98 Å². The summed E-state index contributed by atoms with van der Waals surface area (Å²) in [7, 11) is 2.10. The van der Waals surface area contributed by atoms with Gasteiger partial charge in [0.25, 0.3) is 0 Å². The first kappa shape index (κ1) is 12.0. The number of nitrogens with two attached hydrogens (primary N) is 1. The van der Waals surface area contributed by atoms with Crippen LogP contribution >= 0.6 is 0 Å². The number of benzene rings is 1. The molecule has 0 saturated carbocycles. The highest BCUT2D eigenvalue weighted by molar-refractivity contribution is 5.85. The van der Waals surface area contributed by atoms with Gasteiger partial charge in [0.2, 0.25) is 0 Å². The van der Waals surface area contributed by atoms with Crippen molar-refractivity contribution in [3.63, 3.8) is 0 Å². The Bertz CT molecular complexity index is 694. The highest BCUT2D eigenvalue weighted by atomic mass is 15.0. The number of hydrogen-bond donors (Lipinski definition) is 2. The summed E-state index contributed by atoms with van der Waals surface area (Å²) < 4.78 is 2.22. The zero-order valence-electron chi connectivity index (χ0n) is 11.2. The maximum atomic E-state index is 6.24. The second-order valence-corrected chi connectivity index (χ2v) is 4.93. The second kappa shape index (κ2) is 4.55. The van der Waals surface area contributed by atoms with Crippen LogP contribution in [0.4, 0.5) is 0 Å². The van der Waals surface area contributed by atoms with Crippen LogP contribution < -0.4 is 5.73 Å². The molecule has 1 unspecified atom stereocenters. The van der Waals surface area contributed by atoms with Crippen LogP contribution in [0.5, 0.6) is 0 Å². The molecular weight excluding hydrogens is 236 g/mol. The zero-order valence-corrected chi connectivity index (χ0v) is 11.2. The molecule has 2 heterocycles. The molecule has 3 N–H and O–H groups in total. The van der Waals surface area contributed by atoms with E-state index in [-0.39, 0.29) is 6.04 Å². The van der Waals surface area contributed by atoms with Crippen molar-refractivity contribution in [1.29, 1.82) is 0 Å². The van der Waals surface area contributed by atoms with E-state index in [2.05, 4.69) is 52.8 Å². The Morgan fingerprint density at radius 2 is 2.16 bits per heavy atom. The van der Waals surface area contributed by atoms with Crippen molar-refractivity contribution in [2.75, 3.05) is 0 Å². The van der Waals surface area contributed by atoms with Gasteiger partial charge in [-0.2, -0.15) is 0 Å². The second-order valence-electron chi connectivity index (χ2n) is 4.93. The number of aryl methyl sites for hydroxylation is 1. The highest BCUT2D eigenvalue weighted by Crippen LogP contribution is 2.27. The third-order valence-electron chi connectivity index (χ3n) is 3.83. The van der Waals surface area contributed by atoms with Gasteiger partial charge < -0.3 is 15.3 Å². The lowest BCUT2D eigenvalue weighted by molar-refractivity contribution is 0.675. The molecule has 2 aromatic heterocycles. The van der Waals surface area contributed by atoms with Crippen LogP contribution in [0.15, 0.2) is 36.7 Å². The van der Waals surface area contributed by atoms with Gasteiger partial charge in [0.05, 0.1) is 6.04 Å². The summed E-state index contributed by atoms with van der Waals surface area (Å²) in [5.74, 6) is 0.840. The topological polar surface area (TPSA) is 59.6 Å². The molecule has 0 bridgehead atoms. The molecule has 1 aromatic carbocycles. The number of rotatable bonds is 3. The number of nitrogens with zero attached hydrogens (tertiary/aromatic N) is 2. The summed E-state index contributed by atoms with van der Waals surface area (Å²) in [6.07, 6.45) is 4.34. The molecule has 0 aliphatic heterocycles. The smallest absolute Gasteiger partial charge is 0.123 e. The Balaban J connectivity index is 2.03. The van der Waals surface area contributed by atoms with Gasteiger partial charge in [-0.3, -0.25) is 0 Å². The molecule has 0 fully saturated rings. The molecule has 0 saturated heterocycles. The van der Waals surface area contributed by atoms with Gasteiger partial charge in [-0.05, 0) is 25.0 Å². The largest absolute Gasteiger partial charge is 0.348 e. The Labute approximate surface area is 112 Å². The van der Waals surface area contributed by atoms with E-state index < -0.39 is 0 Å². The van der Waals surface area contributed by atoms with E-state index in [0.717, 1.165) is 12.2 Å². The van der Waals surface area contributed by atoms with E-state index in [1.165, 1.54) is 22.2 Å². The van der Waals surface area contributed by atoms with E-state index in [1.54, 1.807) is 6.20 Å². The molecule has 0 radical (unpaired) electrons. The lowest BCUT2D eigenvalue weighted by atomic mass is 10.0. The molecule has 0 spiro atoms. The first-order valence-electron chi connectivity index (χ1n) is 6.46. The van der Waals surface area contributed by atoms with E-state index in [0.29, 0.717) is 0 Å². The maximum absolute atomic E-state index is 6.24. The van der Waals surface area contributed by atoms with E-state index in [4.69, 9.17) is 5.73 Å². The first-order valence-corrected chi connectivity index (χ1v) is 6.46. The molecule has 19 heavy (non-hydrogen) atoms. The molecule has 0 amide bonds. The van der Waals surface area contributed by atoms with Crippen LogP contribution in [0.25, 0.3) is 10.9 Å². The van der Waals surface area contributed by atoms with E-state index in [9.17, 15) is 0 Å². The molecule has 3 rings (SSSR count). The summed E-state index contributed by atoms with van der Waals surface area (Å²) >= 11 is 0. The van der Waals surface area contributed by atoms with Crippen molar-refractivity contribution in [2.24, 2.45) is 12.8 Å². The van der Waals surface area contributed by atoms with E-state index >= 15 is 0 Å². The molecule has 3 aromatic rings. The molecular formula is C15H18N4. The van der Waals surface area contributed by atoms with Gasteiger partial charge in [-0.15, -0.1) is 0 Å². The number of aromatic amines is 1. The highest BCUT2D eigenvalue weighted by Gasteiger charge is 2.16. The number of H-pyrrole nitrogens is 1. The minimum atomic E-state index is -0.0977. The van der Waals surface area contributed by atoms with Crippen molar-refractivity contribution >= 4 is 10.9 Å². The molecule has 1 atom stereocenters. The lowest BCUT2D eigenvalue weighted by Crippen LogP contribution is -2.15. The number of para-hydroxylation sites is 1. The number of fused-ring (bicyclic) bond motifs is 1. The normalized spacial score (nSPS) is 13.0. The van der Waals surface area contributed by atoms with Gasteiger partial charge in [0.15, 0.2) is 0 Å². The number of hydrogen-bond acceptors (Lipinski definition) is 2. The predicted octanol–water partition coefficient (Wildman–Crippen LogP) is 2.45. The fourth-order valence-electron chi connectivity index (χ4n) is 2.65. The molecule has 0 aliphatic rings. The van der Waals surface area contributed by atoms with Crippen molar-refractivity contribution in [3.8, 4) is 0 Å². The fourth-order valence-corrected chi connectivity index (χ4v) is 2.65. The Kier molecular flexibility index (Phi) is 2.87. The van der Waals surface area contributed by atoms with Crippen molar-refractivity contribution in [2.45, 2.75) is 19.4 Å². The summed E-state index contributed by atoms with van der Waals surface area (Å²) in [6, 6.07) is 8.35. The monoisotopic (exact) mass is 254 g/mol. The SMILES string of the molecule is Cc1c(CC(N)c2ncc[nH]2)c2ccccc2n1C. The van der Waals surface area contributed by atoms with Crippen molar-refractivity contribution in [1.82, 2.24) is 14.5 Å². The first-order chi connectivity index (χ1) is 9.18. The molecule has 98 valence electrons. The quantitative estimate of drug-likeness (QED) is 0.754. The summed E-state index contributed by atoms with van der Waals surface area (Å²) in [5, 5.41) is 1.28. The van der Waals surface area contributed by atoms with Crippen molar-refractivity contribution in [3.05, 3.63) is 53.7 Å². The predicted molar refractivity (Wildman–Crippen MR) is 76.9 cm³/mol. The number of nitrogens with one attached hydrogen (secondary N) is 1. The average Bonchev–Trinajstić information content (AvgIpc) is 3.03. The van der Waals surface area contributed by atoms with Gasteiger partial charge in [-0.1, -0.05) is 18.2 Å². The Morgan fingerprint density at radius 1 is 1.37 bits per heavy atom. The van der Waals surface area contributed by atoms with E-state index in [1.807, 2.05) is 6.20 Å². The van der Waals surface area contributed by atoms with Crippen LogP contribution in [0.1, 0.15) is 23.1 Å². The number of aromatic nitrogens is 3. The summed E-state index contributed by atoms with van der Waals surface area (Å²) in [4.78, 5) is 7.33. The van der Waals surface area contributed by atoms with Gasteiger partial charge in [0, 0.05) is 36.0 Å². The molecule has 0 aliphatic carbocycles. The van der Waals surface area contributed by atoms with Gasteiger partial charge in [0.1, 0.15) is 5.82 Å². The minimum absolute atomic E-state index is 0.0977. The molecule has 4 nitrogen and oxygen atoms in total. The van der Waals surface area contributed by atoms with Crippen LogP contribution in [0.2, 0.25) is 0 Å². The van der Waals surface area contributed by atoms with Gasteiger partial charge >= 0.3 is 0 Å². The zero-order chi connectivity index (χ0) is 13.4. The fraction of sp³-hybridized carbons (Fsp3) is 0.267. The Hall–Kier alpha value is -2.07. The summed E-state index contributed by atoms with van der Waals surface area (Å²) in [6.45, 7) is 2.14. The standard InChI is InChI=1S/C15H18N4/c1-10-12(9-13(16)15-17-7-8-18-15)11-5-3-4-6-14(11)19(10)2/h3-8,13H,9,16H2,1-2H3,(H,17,18).